The molecule has 1 heterocycles. The second-order valence-electron chi connectivity index (χ2n) is 6.18. The van der Waals surface area contributed by atoms with E-state index in [1.54, 1.807) is 12.1 Å². The Morgan fingerprint density at radius 3 is 2.90 bits per heavy atom. The van der Waals surface area contributed by atoms with Gasteiger partial charge in [-0.1, -0.05) is 6.07 Å². The standard InChI is InChI=1S/C16H25N3O2/c1-12(19-9-4-7-16(2,21)8-10-19)15(20)18-14-6-3-5-13(17)11-14/h3,5-6,11-12,21H,4,7-10,17H2,1-2H3,(H,18,20). The molecule has 2 unspecified atom stereocenters. The zero-order valence-electron chi connectivity index (χ0n) is 12.8. The minimum absolute atomic E-state index is 0.0397. The van der Waals surface area contributed by atoms with Gasteiger partial charge in [-0.25, -0.2) is 0 Å². The summed E-state index contributed by atoms with van der Waals surface area (Å²) in [6.45, 7) is 5.34. The Bertz CT molecular complexity index is 502. The van der Waals surface area contributed by atoms with Gasteiger partial charge in [0.25, 0.3) is 0 Å². The first-order valence-corrected chi connectivity index (χ1v) is 7.50. The maximum absolute atomic E-state index is 12.3. The zero-order valence-corrected chi connectivity index (χ0v) is 12.8. The summed E-state index contributed by atoms with van der Waals surface area (Å²) in [4.78, 5) is 14.5. The number of benzene rings is 1. The van der Waals surface area contributed by atoms with E-state index in [-0.39, 0.29) is 11.9 Å². The fourth-order valence-electron chi connectivity index (χ4n) is 2.70. The number of anilines is 2. The zero-order chi connectivity index (χ0) is 15.5. The molecule has 4 N–H and O–H groups in total. The summed E-state index contributed by atoms with van der Waals surface area (Å²) < 4.78 is 0. The van der Waals surface area contributed by atoms with E-state index in [0.717, 1.165) is 25.9 Å². The number of carbonyl (C=O) groups excluding carboxylic acids is 1. The Balaban J connectivity index is 1.96. The number of nitrogen functional groups attached to an aromatic ring is 1. The van der Waals surface area contributed by atoms with Gasteiger partial charge in [-0.05, 0) is 57.9 Å². The van der Waals surface area contributed by atoms with Crippen molar-refractivity contribution in [1.82, 2.24) is 4.90 Å². The van der Waals surface area contributed by atoms with Crippen LogP contribution in [0.4, 0.5) is 11.4 Å². The highest BCUT2D eigenvalue weighted by Crippen LogP contribution is 2.23. The molecule has 0 saturated carbocycles. The Hall–Kier alpha value is -1.59. The number of carbonyl (C=O) groups is 1. The molecule has 116 valence electrons. The molecule has 2 atom stereocenters. The fraction of sp³-hybridized carbons (Fsp3) is 0.562. The smallest absolute Gasteiger partial charge is 0.241 e. The van der Waals surface area contributed by atoms with Crippen LogP contribution in [0.2, 0.25) is 0 Å². The number of likely N-dealkylation sites (tertiary alicyclic amines) is 1. The van der Waals surface area contributed by atoms with E-state index >= 15 is 0 Å². The van der Waals surface area contributed by atoms with Gasteiger partial charge in [-0.15, -0.1) is 0 Å². The molecule has 0 bridgehead atoms. The van der Waals surface area contributed by atoms with Crippen molar-refractivity contribution in [3.05, 3.63) is 24.3 Å². The molecule has 1 aromatic carbocycles. The van der Waals surface area contributed by atoms with Crippen LogP contribution in [-0.4, -0.2) is 40.6 Å². The molecule has 1 aliphatic rings. The van der Waals surface area contributed by atoms with E-state index in [2.05, 4.69) is 10.2 Å². The molecule has 1 amide bonds. The van der Waals surface area contributed by atoms with Gasteiger partial charge in [0, 0.05) is 17.9 Å². The van der Waals surface area contributed by atoms with Gasteiger partial charge in [0.1, 0.15) is 0 Å². The molecule has 5 heteroatoms. The van der Waals surface area contributed by atoms with Gasteiger partial charge in [0.15, 0.2) is 0 Å². The van der Waals surface area contributed by atoms with E-state index in [1.807, 2.05) is 26.0 Å². The van der Waals surface area contributed by atoms with Crippen molar-refractivity contribution in [3.63, 3.8) is 0 Å². The maximum Gasteiger partial charge on any atom is 0.241 e. The first-order valence-electron chi connectivity index (χ1n) is 7.50. The topological polar surface area (TPSA) is 78.6 Å². The van der Waals surface area contributed by atoms with Crippen LogP contribution in [0.5, 0.6) is 0 Å². The minimum atomic E-state index is -0.612. The number of rotatable bonds is 3. The molecule has 0 radical (unpaired) electrons. The highest BCUT2D eigenvalue weighted by molar-refractivity contribution is 5.94. The molecule has 0 aliphatic carbocycles. The molecule has 1 fully saturated rings. The predicted molar refractivity (Wildman–Crippen MR) is 85.0 cm³/mol. The lowest BCUT2D eigenvalue weighted by atomic mass is 9.98. The van der Waals surface area contributed by atoms with Crippen LogP contribution in [0.15, 0.2) is 24.3 Å². The lowest BCUT2D eigenvalue weighted by Gasteiger charge is -2.27. The van der Waals surface area contributed by atoms with Crippen molar-refractivity contribution >= 4 is 17.3 Å². The van der Waals surface area contributed by atoms with Crippen molar-refractivity contribution in [3.8, 4) is 0 Å². The molecule has 21 heavy (non-hydrogen) atoms. The largest absolute Gasteiger partial charge is 0.399 e. The fourth-order valence-corrected chi connectivity index (χ4v) is 2.70. The predicted octanol–water partition coefficient (Wildman–Crippen LogP) is 1.83. The average Bonchev–Trinajstić information content (AvgIpc) is 2.59. The van der Waals surface area contributed by atoms with E-state index in [9.17, 15) is 9.90 Å². The second-order valence-corrected chi connectivity index (χ2v) is 6.18. The van der Waals surface area contributed by atoms with E-state index in [4.69, 9.17) is 5.73 Å². The number of hydrogen-bond acceptors (Lipinski definition) is 4. The van der Waals surface area contributed by atoms with Gasteiger partial charge < -0.3 is 16.2 Å². The van der Waals surface area contributed by atoms with Gasteiger partial charge >= 0.3 is 0 Å². The molecule has 2 rings (SSSR count). The first kappa shape index (κ1) is 15.8. The quantitative estimate of drug-likeness (QED) is 0.742. The molecule has 0 spiro atoms. The van der Waals surface area contributed by atoms with Gasteiger partial charge in [0.05, 0.1) is 11.6 Å². The van der Waals surface area contributed by atoms with E-state index < -0.39 is 5.60 Å². The number of hydrogen-bond donors (Lipinski definition) is 3. The highest BCUT2D eigenvalue weighted by Gasteiger charge is 2.29. The van der Waals surface area contributed by atoms with Crippen LogP contribution in [0, 0.1) is 0 Å². The molecule has 0 aromatic heterocycles. The molecular weight excluding hydrogens is 266 g/mol. The number of amides is 1. The van der Waals surface area contributed by atoms with Crippen molar-refractivity contribution in [2.24, 2.45) is 0 Å². The third kappa shape index (κ3) is 4.44. The Morgan fingerprint density at radius 2 is 2.19 bits per heavy atom. The van der Waals surface area contributed by atoms with Crippen LogP contribution in [0.3, 0.4) is 0 Å². The van der Waals surface area contributed by atoms with Crippen molar-refractivity contribution < 1.29 is 9.90 Å². The van der Waals surface area contributed by atoms with Crippen LogP contribution >= 0.6 is 0 Å². The summed E-state index contributed by atoms with van der Waals surface area (Å²) in [6, 6.07) is 6.96. The average molecular weight is 291 g/mol. The Kier molecular flexibility index (Phi) is 4.85. The van der Waals surface area contributed by atoms with Crippen molar-refractivity contribution in [2.45, 2.75) is 44.8 Å². The number of nitrogens with two attached hydrogens (primary N) is 1. The lowest BCUT2D eigenvalue weighted by molar-refractivity contribution is -0.120. The summed E-state index contributed by atoms with van der Waals surface area (Å²) >= 11 is 0. The monoisotopic (exact) mass is 291 g/mol. The molecule has 5 nitrogen and oxygen atoms in total. The molecule has 1 aliphatic heterocycles. The Morgan fingerprint density at radius 1 is 1.43 bits per heavy atom. The summed E-state index contributed by atoms with van der Waals surface area (Å²) in [6.07, 6.45) is 2.39. The number of nitrogens with zero attached hydrogens (tertiary/aromatic N) is 1. The van der Waals surface area contributed by atoms with Crippen LogP contribution in [-0.2, 0) is 4.79 Å². The van der Waals surface area contributed by atoms with Crippen LogP contribution in [0.25, 0.3) is 0 Å². The lowest BCUT2D eigenvalue weighted by Crippen LogP contribution is -2.43. The summed E-state index contributed by atoms with van der Waals surface area (Å²) in [5.41, 5.74) is 6.45. The summed E-state index contributed by atoms with van der Waals surface area (Å²) in [7, 11) is 0. The van der Waals surface area contributed by atoms with Crippen molar-refractivity contribution in [2.75, 3.05) is 24.1 Å². The van der Waals surface area contributed by atoms with E-state index in [1.165, 1.54) is 0 Å². The van der Waals surface area contributed by atoms with Gasteiger partial charge in [-0.3, -0.25) is 9.69 Å². The number of nitrogens with one attached hydrogen (secondary N) is 1. The SMILES string of the molecule is CC(C(=O)Nc1cccc(N)c1)N1CCCC(C)(O)CC1. The minimum Gasteiger partial charge on any atom is -0.399 e. The Labute approximate surface area is 126 Å². The molecule has 1 saturated heterocycles. The van der Waals surface area contributed by atoms with E-state index in [0.29, 0.717) is 17.8 Å². The van der Waals surface area contributed by atoms with Crippen LogP contribution in [0.1, 0.15) is 33.1 Å². The third-order valence-electron chi connectivity index (χ3n) is 4.18. The highest BCUT2D eigenvalue weighted by atomic mass is 16.3. The first-order chi connectivity index (χ1) is 9.87. The molecular formula is C16H25N3O2. The summed E-state index contributed by atoms with van der Waals surface area (Å²) in [5, 5.41) is 13.0. The normalized spacial score (nSPS) is 25.1. The number of aliphatic hydroxyl groups is 1. The van der Waals surface area contributed by atoms with Crippen molar-refractivity contribution in [1.29, 1.82) is 0 Å². The maximum atomic E-state index is 12.3. The summed E-state index contributed by atoms with van der Waals surface area (Å²) in [5.74, 6) is -0.0397. The second kappa shape index (κ2) is 6.45. The third-order valence-corrected chi connectivity index (χ3v) is 4.18. The van der Waals surface area contributed by atoms with Gasteiger partial charge in [-0.2, -0.15) is 0 Å². The van der Waals surface area contributed by atoms with Gasteiger partial charge in [0.2, 0.25) is 5.91 Å². The van der Waals surface area contributed by atoms with Crippen LogP contribution < -0.4 is 11.1 Å². The molecule has 1 aromatic rings.